The average Bonchev–Trinajstić information content (AvgIpc) is 3.02. The van der Waals surface area contributed by atoms with Gasteiger partial charge in [0, 0.05) is 12.2 Å². The van der Waals surface area contributed by atoms with E-state index in [1.807, 2.05) is 0 Å². The van der Waals surface area contributed by atoms with E-state index in [0.29, 0.717) is 16.0 Å². The van der Waals surface area contributed by atoms with Crippen LogP contribution in [0.25, 0.3) is 10.9 Å². The number of rotatable bonds is 3. The number of carbonyl (C=O) groups excluding carboxylic acids is 3. The predicted octanol–water partition coefficient (Wildman–Crippen LogP) is 0.490. The first-order valence-electron chi connectivity index (χ1n) is 7.78. The van der Waals surface area contributed by atoms with Crippen LogP contribution in [0.5, 0.6) is 0 Å². The first-order valence-corrected chi connectivity index (χ1v) is 7.78. The van der Waals surface area contributed by atoms with Gasteiger partial charge in [0.1, 0.15) is 5.52 Å². The van der Waals surface area contributed by atoms with Crippen LogP contribution in [0.3, 0.4) is 0 Å². The lowest BCUT2D eigenvalue weighted by atomic mass is 10.2. The van der Waals surface area contributed by atoms with Crippen LogP contribution in [0.4, 0.5) is 5.69 Å². The Balaban J connectivity index is 1.57. The normalized spacial score (nSPS) is 13.4. The first kappa shape index (κ1) is 16.3. The molecule has 0 saturated heterocycles. The molecule has 0 atom stereocenters. The van der Waals surface area contributed by atoms with Gasteiger partial charge in [-0.15, -0.1) is 5.10 Å². The van der Waals surface area contributed by atoms with Gasteiger partial charge in [-0.3, -0.25) is 14.4 Å². The summed E-state index contributed by atoms with van der Waals surface area (Å²) in [7, 11) is 0. The molecular weight excluding hydrogens is 352 g/mol. The van der Waals surface area contributed by atoms with E-state index in [0.717, 1.165) is 17.1 Å². The summed E-state index contributed by atoms with van der Waals surface area (Å²) >= 11 is 0. The third kappa shape index (κ3) is 2.86. The highest BCUT2D eigenvalue weighted by molar-refractivity contribution is 6.28. The fourth-order valence-corrected chi connectivity index (χ4v) is 2.57. The van der Waals surface area contributed by atoms with Crippen molar-refractivity contribution in [1.29, 1.82) is 0 Å². The number of hydrogen-bond acceptors (Lipinski definition) is 7. The molecular formula is C18H10N4O5. The van der Waals surface area contributed by atoms with Crippen molar-refractivity contribution in [2.24, 2.45) is 0 Å². The highest BCUT2D eigenvalue weighted by atomic mass is 16.7. The van der Waals surface area contributed by atoms with Crippen LogP contribution >= 0.6 is 0 Å². The minimum absolute atomic E-state index is 0.104. The summed E-state index contributed by atoms with van der Waals surface area (Å²) in [5, 5.41) is 7.66. The molecule has 1 aliphatic rings. The lowest BCUT2D eigenvalue weighted by Crippen LogP contribution is -2.34. The van der Waals surface area contributed by atoms with E-state index >= 15 is 0 Å². The second-order valence-electron chi connectivity index (χ2n) is 5.56. The largest absolute Gasteiger partial charge is 0.365 e. The topological polar surface area (TPSA) is 111 Å². The molecule has 2 aromatic carbocycles. The molecule has 2 heterocycles. The molecule has 4 rings (SSSR count). The number of nitrogens with zero attached hydrogens (tertiary/aromatic N) is 4. The van der Waals surface area contributed by atoms with Crippen LogP contribution in [-0.2, 0) is 9.59 Å². The Kier molecular flexibility index (Phi) is 3.81. The van der Waals surface area contributed by atoms with E-state index in [1.165, 1.54) is 24.3 Å². The van der Waals surface area contributed by atoms with Gasteiger partial charge in [0.15, 0.2) is 0 Å². The summed E-state index contributed by atoms with van der Waals surface area (Å²) < 4.78 is 0. The van der Waals surface area contributed by atoms with Crippen molar-refractivity contribution in [3.8, 4) is 0 Å². The van der Waals surface area contributed by atoms with E-state index in [-0.39, 0.29) is 10.9 Å². The molecule has 132 valence electrons. The monoisotopic (exact) mass is 362 g/mol. The summed E-state index contributed by atoms with van der Waals surface area (Å²) in [6.45, 7) is 0. The summed E-state index contributed by atoms with van der Waals surface area (Å²) in [5.41, 5.74) is 0.180. The Morgan fingerprint density at radius 1 is 0.889 bits per heavy atom. The number of amides is 2. The quantitative estimate of drug-likeness (QED) is 0.492. The van der Waals surface area contributed by atoms with Crippen LogP contribution in [0, 0.1) is 0 Å². The van der Waals surface area contributed by atoms with Gasteiger partial charge >= 0.3 is 11.5 Å². The van der Waals surface area contributed by atoms with E-state index in [1.54, 1.807) is 24.3 Å². The maximum atomic E-state index is 12.3. The van der Waals surface area contributed by atoms with Crippen molar-refractivity contribution in [2.75, 3.05) is 4.90 Å². The Bertz CT molecular complexity index is 1160. The van der Waals surface area contributed by atoms with Gasteiger partial charge in [-0.25, -0.2) is 9.69 Å². The summed E-state index contributed by atoms with van der Waals surface area (Å²) in [6, 6.07) is 12.1. The molecule has 0 N–H and O–H groups in total. The van der Waals surface area contributed by atoms with Crippen molar-refractivity contribution in [3.05, 3.63) is 76.6 Å². The molecule has 27 heavy (non-hydrogen) atoms. The second kappa shape index (κ2) is 6.30. The number of fused-ring (bicyclic) bond motifs is 1. The maximum Gasteiger partial charge on any atom is 0.365 e. The highest BCUT2D eigenvalue weighted by Gasteiger charge is 2.25. The van der Waals surface area contributed by atoms with E-state index in [4.69, 9.17) is 4.84 Å². The van der Waals surface area contributed by atoms with Gasteiger partial charge in [0.05, 0.1) is 16.6 Å². The zero-order chi connectivity index (χ0) is 19.0. The van der Waals surface area contributed by atoms with Crippen molar-refractivity contribution in [2.45, 2.75) is 0 Å². The molecule has 9 nitrogen and oxygen atoms in total. The molecule has 3 aromatic rings. The van der Waals surface area contributed by atoms with E-state index < -0.39 is 23.3 Å². The molecule has 0 bridgehead atoms. The van der Waals surface area contributed by atoms with Crippen molar-refractivity contribution < 1.29 is 19.2 Å². The van der Waals surface area contributed by atoms with E-state index in [9.17, 15) is 19.2 Å². The minimum Gasteiger partial charge on any atom is -0.309 e. The lowest BCUT2D eigenvalue weighted by Gasteiger charge is -2.13. The van der Waals surface area contributed by atoms with E-state index in [2.05, 4.69) is 10.3 Å². The first-order chi connectivity index (χ1) is 13.0. The summed E-state index contributed by atoms with van der Waals surface area (Å²) in [5.74, 6) is -1.77. The zero-order valence-corrected chi connectivity index (χ0v) is 13.6. The Hall–Kier alpha value is -4.14. The van der Waals surface area contributed by atoms with Crippen molar-refractivity contribution in [1.82, 2.24) is 15.2 Å². The third-order valence-corrected chi connectivity index (χ3v) is 3.88. The fourth-order valence-electron chi connectivity index (χ4n) is 2.57. The highest BCUT2D eigenvalue weighted by Crippen LogP contribution is 2.19. The van der Waals surface area contributed by atoms with Gasteiger partial charge in [-0.05, 0) is 46.5 Å². The molecule has 1 aliphatic heterocycles. The molecule has 0 unspecified atom stereocenters. The smallest absolute Gasteiger partial charge is 0.309 e. The standard InChI is InChI=1S/C18H10N4O5/c23-15-9-10-16(24)21(15)12-7-5-11(6-8-12)18(26)27-22-17(25)13-3-1-2-4-14(13)19-20-22/h1-10H. The van der Waals surface area contributed by atoms with Gasteiger partial charge in [-0.1, -0.05) is 12.1 Å². The number of anilines is 1. The number of imide groups is 1. The Morgan fingerprint density at radius 3 is 2.26 bits per heavy atom. The molecule has 9 heteroatoms. The number of aromatic nitrogens is 3. The average molecular weight is 362 g/mol. The molecule has 2 amide bonds. The van der Waals surface area contributed by atoms with Gasteiger partial charge < -0.3 is 4.84 Å². The Morgan fingerprint density at radius 2 is 1.56 bits per heavy atom. The number of carbonyl (C=O) groups is 3. The van der Waals surface area contributed by atoms with Crippen molar-refractivity contribution >= 4 is 34.4 Å². The van der Waals surface area contributed by atoms with Crippen LogP contribution in [0.15, 0.2) is 65.5 Å². The van der Waals surface area contributed by atoms with Gasteiger partial charge in [0.25, 0.3) is 11.8 Å². The third-order valence-electron chi connectivity index (χ3n) is 3.88. The number of hydrogen-bond donors (Lipinski definition) is 0. The summed E-state index contributed by atoms with van der Waals surface area (Å²) in [6.07, 6.45) is 2.32. The van der Waals surface area contributed by atoms with Crippen LogP contribution < -0.4 is 15.3 Å². The lowest BCUT2D eigenvalue weighted by molar-refractivity contribution is -0.119. The fraction of sp³-hybridized carbons (Fsp3) is 0. The predicted molar refractivity (Wildman–Crippen MR) is 92.8 cm³/mol. The molecule has 0 saturated carbocycles. The van der Waals surface area contributed by atoms with Crippen LogP contribution in [0.1, 0.15) is 10.4 Å². The zero-order valence-electron chi connectivity index (χ0n) is 13.6. The minimum atomic E-state index is -0.842. The van der Waals surface area contributed by atoms with Crippen molar-refractivity contribution in [3.63, 3.8) is 0 Å². The molecule has 0 aliphatic carbocycles. The van der Waals surface area contributed by atoms with Crippen LogP contribution in [-0.4, -0.2) is 32.9 Å². The molecule has 0 spiro atoms. The maximum absolute atomic E-state index is 12.3. The van der Waals surface area contributed by atoms with Gasteiger partial charge in [-0.2, -0.15) is 0 Å². The van der Waals surface area contributed by atoms with Gasteiger partial charge in [0.2, 0.25) is 0 Å². The second-order valence-corrected chi connectivity index (χ2v) is 5.56. The SMILES string of the molecule is O=C(On1nnc2ccccc2c1=O)c1ccc(N2C(=O)C=CC2=O)cc1. The molecule has 1 aromatic heterocycles. The molecule has 0 fully saturated rings. The molecule has 0 radical (unpaired) electrons. The van der Waals surface area contributed by atoms with Crippen LogP contribution in [0.2, 0.25) is 0 Å². The Labute approximate surface area is 151 Å². The number of benzene rings is 2. The summed E-state index contributed by atoms with van der Waals surface area (Å²) in [4.78, 5) is 54.3.